The summed E-state index contributed by atoms with van der Waals surface area (Å²) in [6, 6.07) is 5.91. The van der Waals surface area contributed by atoms with Crippen LogP contribution < -0.4 is 4.74 Å². The van der Waals surface area contributed by atoms with Crippen molar-refractivity contribution in [2.45, 2.75) is 24.8 Å². The van der Waals surface area contributed by atoms with E-state index in [1.54, 1.807) is 13.8 Å². The molecule has 1 aromatic rings. The summed E-state index contributed by atoms with van der Waals surface area (Å²) >= 11 is 0. The maximum atomic E-state index is 11.7. The van der Waals surface area contributed by atoms with Gasteiger partial charge in [-0.2, -0.15) is 8.42 Å². The molecule has 0 N–H and O–H groups in total. The van der Waals surface area contributed by atoms with Gasteiger partial charge in [-0.15, -0.1) is 6.42 Å². The second-order valence-corrected chi connectivity index (χ2v) is 5.14. The predicted molar refractivity (Wildman–Crippen MR) is 64.2 cm³/mol. The van der Waals surface area contributed by atoms with Crippen LogP contribution in [0.1, 0.15) is 13.8 Å². The van der Waals surface area contributed by atoms with E-state index in [1.165, 1.54) is 24.3 Å². The van der Waals surface area contributed by atoms with Gasteiger partial charge >= 0.3 is 0 Å². The minimum atomic E-state index is -3.69. The van der Waals surface area contributed by atoms with Crippen molar-refractivity contribution in [3.63, 3.8) is 0 Å². The Balaban J connectivity index is 2.84. The monoisotopic (exact) mass is 254 g/mol. The summed E-state index contributed by atoms with van der Waals surface area (Å²) in [5.74, 6) is 2.84. The van der Waals surface area contributed by atoms with Crippen molar-refractivity contribution >= 4 is 10.1 Å². The van der Waals surface area contributed by atoms with Crippen LogP contribution in [0.5, 0.6) is 5.75 Å². The van der Waals surface area contributed by atoms with Crippen LogP contribution in [-0.4, -0.2) is 21.1 Å². The lowest BCUT2D eigenvalue weighted by atomic mass is 10.3. The standard InChI is InChI=1S/C12H14O4S/c1-4-9-15-11-5-7-12(8-6-11)17(13,14)16-10(2)3/h1,5-8,10H,9H2,2-3H3. The Bertz CT molecular complexity index is 494. The summed E-state index contributed by atoms with van der Waals surface area (Å²) < 4.78 is 33.3. The number of hydrogen-bond donors (Lipinski definition) is 0. The largest absolute Gasteiger partial charge is 0.481 e. The predicted octanol–water partition coefficient (Wildman–Crippen LogP) is 1.81. The molecule has 0 heterocycles. The molecule has 0 aliphatic carbocycles. The number of benzene rings is 1. The molecule has 0 saturated heterocycles. The van der Waals surface area contributed by atoms with Crippen molar-refractivity contribution < 1.29 is 17.3 Å². The maximum absolute atomic E-state index is 11.7. The van der Waals surface area contributed by atoms with Crippen molar-refractivity contribution in [1.82, 2.24) is 0 Å². The van der Waals surface area contributed by atoms with Gasteiger partial charge in [-0.1, -0.05) is 5.92 Å². The maximum Gasteiger partial charge on any atom is 0.297 e. The van der Waals surface area contributed by atoms with E-state index in [4.69, 9.17) is 15.3 Å². The average Bonchev–Trinajstić information content (AvgIpc) is 2.25. The van der Waals surface area contributed by atoms with E-state index in [0.29, 0.717) is 5.75 Å². The third-order valence-electron chi connectivity index (χ3n) is 1.75. The van der Waals surface area contributed by atoms with E-state index in [-0.39, 0.29) is 11.5 Å². The third kappa shape index (κ3) is 4.10. The first kappa shape index (κ1) is 13.6. The average molecular weight is 254 g/mol. The molecule has 0 aliphatic heterocycles. The Morgan fingerprint density at radius 1 is 1.29 bits per heavy atom. The Morgan fingerprint density at radius 3 is 2.35 bits per heavy atom. The van der Waals surface area contributed by atoms with Crippen molar-refractivity contribution in [2.24, 2.45) is 0 Å². The molecular weight excluding hydrogens is 240 g/mol. The van der Waals surface area contributed by atoms with Crippen molar-refractivity contribution in [3.8, 4) is 18.1 Å². The molecule has 0 unspecified atom stereocenters. The minimum absolute atomic E-state index is 0.0965. The lowest BCUT2D eigenvalue weighted by Crippen LogP contribution is -2.12. The zero-order valence-corrected chi connectivity index (χ0v) is 10.5. The summed E-state index contributed by atoms with van der Waals surface area (Å²) in [6.07, 6.45) is 4.65. The van der Waals surface area contributed by atoms with Crippen molar-refractivity contribution in [1.29, 1.82) is 0 Å². The fourth-order valence-corrected chi connectivity index (χ4v) is 2.22. The van der Waals surface area contributed by atoms with Crippen LogP contribution in [0.3, 0.4) is 0 Å². The zero-order chi connectivity index (χ0) is 12.9. The van der Waals surface area contributed by atoms with Gasteiger partial charge < -0.3 is 4.74 Å². The van der Waals surface area contributed by atoms with Crippen molar-refractivity contribution in [3.05, 3.63) is 24.3 Å². The topological polar surface area (TPSA) is 52.6 Å². The number of ether oxygens (including phenoxy) is 1. The highest BCUT2D eigenvalue weighted by molar-refractivity contribution is 7.86. The first-order valence-electron chi connectivity index (χ1n) is 5.05. The van der Waals surface area contributed by atoms with Crippen LogP contribution in [0.2, 0.25) is 0 Å². The van der Waals surface area contributed by atoms with Crippen LogP contribution in [0.4, 0.5) is 0 Å². The number of hydrogen-bond acceptors (Lipinski definition) is 4. The van der Waals surface area contributed by atoms with E-state index in [1.807, 2.05) is 0 Å². The highest BCUT2D eigenvalue weighted by Gasteiger charge is 2.16. The molecule has 92 valence electrons. The van der Waals surface area contributed by atoms with Gasteiger partial charge in [0.15, 0.2) is 0 Å². The summed E-state index contributed by atoms with van der Waals surface area (Å²) in [4.78, 5) is 0.0965. The Morgan fingerprint density at radius 2 is 1.88 bits per heavy atom. The van der Waals surface area contributed by atoms with Crippen LogP contribution >= 0.6 is 0 Å². The molecule has 1 rings (SSSR count). The molecule has 0 atom stereocenters. The minimum Gasteiger partial charge on any atom is -0.481 e. The number of terminal acetylenes is 1. The molecule has 17 heavy (non-hydrogen) atoms. The summed E-state index contributed by atoms with van der Waals surface area (Å²) in [5.41, 5.74) is 0. The van der Waals surface area contributed by atoms with Crippen LogP contribution in [0.15, 0.2) is 29.2 Å². The van der Waals surface area contributed by atoms with Gasteiger partial charge in [0.05, 0.1) is 11.0 Å². The fraction of sp³-hybridized carbons (Fsp3) is 0.333. The summed E-state index contributed by atoms with van der Waals surface area (Å²) in [7, 11) is -3.69. The summed E-state index contributed by atoms with van der Waals surface area (Å²) in [5, 5.41) is 0. The first-order valence-corrected chi connectivity index (χ1v) is 6.46. The van der Waals surface area contributed by atoms with E-state index in [2.05, 4.69) is 5.92 Å². The highest BCUT2D eigenvalue weighted by Crippen LogP contribution is 2.18. The Labute approximate surface area is 102 Å². The fourth-order valence-electron chi connectivity index (χ4n) is 1.14. The van der Waals surface area contributed by atoms with Crippen molar-refractivity contribution in [2.75, 3.05) is 6.61 Å². The molecule has 0 aromatic heterocycles. The van der Waals surface area contributed by atoms with Gasteiger partial charge in [-0.25, -0.2) is 0 Å². The second-order valence-electron chi connectivity index (χ2n) is 3.56. The summed E-state index contributed by atoms with van der Waals surface area (Å²) in [6.45, 7) is 3.46. The van der Waals surface area contributed by atoms with E-state index in [9.17, 15) is 8.42 Å². The normalized spacial score (nSPS) is 11.2. The van der Waals surface area contributed by atoms with E-state index < -0.39 is 16.2 Å². The second kappa shape index (κ2) is 5.71. The molecule has 0 radical (unpaired) electrons. The van der Waals surface area contributed by atoms with Crippen LogP contribution in [0.25, 0.3) is 0 Å². The zero-order valence-electron chi connectivity index (χ0n) is 9.71. The van der Waals surface area contributed by atoms with Gasteiger partial charge in [-0.3, -0.25) is 4.18 Å². The third-order valence-corrected chi connectivity index (χ3v) is 3.24. The molecule has 4 nitrogen and oxygen atoms in total. The molecule has 0 spiro atoms. The molecule has 0 fully saturated rings. The van der Waals surface area contributed by atoms with Gasteiger partial charge in [0, 0.05) is 0 Å². The highest BCUT2D eigenvalue weighted by atomic mass is 32.2. The van der Waals surface area contributed by atoms with Gasteiger partial charge in [0.25, 0.3) is 10.1 Å². The molecule has 1 aromatic carbocycles. The Hall–Kier alpha value is -1.51. The SMILES string of the molecule is C#CCOc1ccc(S(=O)(=O)OC(C)C)cc1. The molecule has 0 aliphatic rings. The van der Waals surface area contributed by atoms with Gasteiger partial charge in [0.1, 0.15) is 12.4 Å². The number of rotatable bonds is 5. The lowest BCUT2D eigenvalue weighted by Gasteiger charge is -2.08. The van der Waals surface area contributed by atoms with E-state index in [0.717, 1.165) is 0 Å². The molecule has 0 bridgehead atoms. The van der Waals surface area contributed by atoms with Gasteiger partial charge in [0.2, 0.25) is 0 Å². The van der Waals surface area contributed by atoms with Crippen LogP contribution in [-0.2, 0) is 14.3 Å². The van der Waals surface area contributed by atoms with Crippen LogP contribution in [0, 0.1) is 12.3 Å². The molecule has 0 saturated carbocycles. The molecular formula is C12H14O4S. The van der Waals surface area contributed by atoms with E-state index >= 15 is 0 Å². The smallest absolute Gasteiger partial charge is 0.297 e. The lowest BCUT2D eigenvalue weighted by molar-refractivity contribution is 0.249. The Kier molecular flexibility index (Phi) is 4.55. The molecule has 5 heteroatoms. The van der Waals surface area contributed by atoms with Gasteiger partial charge in [-0.05, 0) is 38.1 Å². The quantitative estimate of drug-likeness (QED) is 0.594. The first-order chi connectivity index (χ1) is 7.95. The molecule has 0 amide bonds.